The van der Waals surface area contributed by atoms with Gasteiger partial charge in [0, 0.05) is 33.3 Å². The molecule has 4 N–H and O–H groups in total. The first-order valence-electron chi connectivity index (χ1n) is 19.3. The molecule has 2 aromatic heterocycles. The van der Waals surface area contributed by atoms with Crippen molar-refractivity contribution in [1.29, 1.82) is 0 Å². The molecule has 0 aliphatic heterocycles. The smallest absolute Gasteiger partial charge is 0.0708 e. The topological polar surface area (TPSA) is 73.9 Å². The monoisotopic (exact) mass is 718 g/mol. The number of anilines is 4. The Labute approximate surface area is 323 Å². The van der Waals surface area contributed by atoms with Gasteiger partial charge in [0.15, 0.2) is 0 Å². The second-order valence-electron chi connectivity index (χ2n) is 15.4. The largest absolute Gasteiger partial charge is 0.381 e. The summed E-state index contributed by atoms with van der Waals surface area (Å²) >= 11 is 0. The number of para-hydroxylation sites is 4. The molecule has 0 fully saturated rings. The molecule has 0 saturated carbocycles. The summed E-state index contributed by atoms with van der Waals surface area (Å²) in [4.78, 5) is 10.1. The van der Waals surface area contributed by atoms with Gasteiger partial charge >= 0.3 is 0 Å². The van der Waals surface area contributed by atoms with Gasteiger partial charge in [-0.05, 0) is 120 Å². The number of aryl methyl sites for hydroxylation is 2. The van der Waals surface area contributed by atoms with Crippen molar-refractivity contribution in [2.75, 3.05) is 16.0 Å². The molecule has 0 bridgehead atoms. The zero-order valence-electron chi connectivity index (χ0n) is 31.9. The quantitative estimate of drug-likeness (QED) is 0.113. The summed E-state index contributed by atoms with van der Waals surface area (Å²) in [7, 11) is 0. The van der Waals surface area contributed by atoms with E-state index in [0.29, 0.717) is 13.1 Å². The molecule has 0 spiro atoms. The Bertz CT molecular complexity index is 2620. The number of nitrogens with one attached hydrogen (secondary N) is 4. The normalized spacial score (nSPS) is 15.7. The molecule has 0 amide bonds. The summed E-state index contributed by atoms with van der Waals surface area (Å²) in [6, 6.07) is 46.9. The van der Waals surface area contributed by atoms with E-state index >= 15 is 0 Å². The number of benzene rings is 5. The fraction of sp³-hybridized carbons (Fsp3) is 0.184. The molecule has 6 nitrogen and oxygen atoms in total. The van der Waals surface area contributed by atoms with Crippen LogP contribution < -0.4 is 21.3 Å². The molecule has 55 heavy (non-hydrogen) atoms. The minimum atomic E-state index is -0.178. The van der Waals surface area contributed by atoms with Crippen molar-refractivity contribution < 1.29 is 0 Å². The van der Waals surface area contributed by atoms with Crippen LogP contribution in [0.5, 0.6) is 0 Å². The van der Waals surface area contributed by atoms with Crippen LogP contribution in [0.3, 0.4) is 0 Å². The van der Waals surface area contributed by atoms with Crippen LogP contribution in [-0.2, 0) is 18.5 Å². The molecule has 5 aromatic carbocycles. The van der Waals surface area contributed by atoms with Crippen LogP contribution in [0.4, 0.5) is 22.7 Å². The molecular formula is C49H46N6. The third-order valence-electron chi connectivity index (χ3n) is 11.3. The van der Waals surface area contributed by atoms with Gasteiger partial charge in [-0.3, -0.25) is 9.97 Å². The number of fused-ring (bicyclic) bond motifs is 4. The van der Waals surface area contributed by atoms with Crippen LogP contribution in [0.25, 0.3) is 27.4 Å². The lowest BCUT2D eigenvalue weighted by Gasteiger charge is -2.33. The van der Waals surface area contributed by atoms with E-state index in [1.807, 2.05) is 0 Å². The number of aromatic nitrogens is 2. The van der Waals surface area contributed by atoms with Gasteiger partial charge in [0.2, 0.25) is 0 Å². The molecule has 272 valence electrons. The van der Waals surface area contributed by atoms with Crippen LogP contribution in [0, 0.1) is 13.8 Å². The average Bonchev–Trinajstić information content (AvgIpc) is 3.40. The van der Waals surface area contributed by atoms with E-state index in [1.54, 1.807) is 0 Å². The maximum Gasteiger partial charge on any atom is 0.0708 e. The van der Waals surface area contributed by atoms with E-state index in [1.165, 1.54) is 44.2 Å². The molecule has 0 saturated heterocycles. The standard InChI is InChI=1S/C49H46N6/c1-31-23-35(54-43-21-13-11-19-37(31)43)29-50-45-25-39-40-26-46(51-30-36-24-32(2)38-20-12-14-22-44(38)55-36)48(53-34-17-9-6-10-18-34)28-42(40)49(3,4)41(39)27-47(45)52-33-15-7-5-8-16-33/h5-27,48,50-53H,28-30H2,1-4H3. The lowest BCUT2D eigenvalue weighted by Crippen LogP contribution is -2.35. The Morgan fingerprint density at radius 2 is 1.18 bits per heavy atom. The van der Waals surface area contributed by atoms with Crippen molar-refractivity contribution >= 4 is 50.1 Å². The van der Waals surface area contributed by atoms with Crippen LogP contribution in [0.2, 0.25) is 0 Å². The van der Waals surface area contributed by atoms with Crippen molar-refractivity contribution in [1.82, 2.24) is 15.3 Å². The molecule has 2 aliphatic carbocycles. The summed E-state index contributed by atoms with van der Waals surface area (Å²) in [5.41, 5.74) is 17.1. The molecule has 0 radical (unpaired) electrons. The molecule has 7 aromatic rings. The Morgan fingerprint density at radius 1 is 0.618 bits per heavy atom. The first-order chi connectivity index (χ1) is 26.8. The summed E-state index contributed by atoms with van der Waals surface area (Å²) < 4.78 is 0. The lowest BCUT2D eigenvalue weighted by atomic mass is 9.77. The van der Waals surface area contributed by atoms with Crippen LogP contribution >= 0.6 is 0 Å². The van der Waals surface area contributed by atoms with Crippen LogP contribution in [0.1, 0.15) is 53.9 Å². The molecule has 1 atom stereocenters. The molecule has 1 unspecified atom stereocenters. The summed E-state index contributed by atoms with van der Waals surface area (Å²) in [6.07, 6.45) is 3.27. The first-order valence-corrected chi connectivity index (χ1v) is 19.3. The first kappa shape index (κ1) is 34.4. The average molecular weight is 719 g/mol. The molecule has 6 heteroatoms. The number of allylic oxidation sites excluding steroid dienone is 2. The van der Waals surface area contributed by atoms with Crippen molar-refractivity contribution in [3.63, 3.8) is 0 Å². The molecule has 2 heterocycles. The van der Waals surface area contributed by atoms with Crippen molar-refractivity contribution in [3.05, 3.63) is 184 Å². The van der Waals surface area contributed by atoms with E-state index < -0.39 is 0 Å². The highest BCUT2D eigenvalue weighted by Gasteiger charge is 2.41. The van der Waals surface area contributed by atoms with E-state index in [4.69, 9.17) is 9.97 Å². The minimum Gasteiger partial charge on any atom is -0.381 e. The van der Waals surface area contributed by atoms with E-state index in [-0.39, 0.29) is 11.5 Å². The molecule has 2 aliphatic rings. The lowest BCUT2D eigenvalue weighted by molar-refractivity contribution is 0.575. The van der Waals surface area contributed by atoms with Gasteiger partial charge in [0.05, 0.1) is 52.9 Å². The Kier molecular flexibility index (Phi) is 8.82. The predicted molar refractivity (Wildman–Crippen MR) is 230 cm³/mol. The van der Waals surface area contributed by atoms with Gasteiger partial charge in [-0.25, -0.2) is 0 Å². The second kappa shape index (κ2) is 14.1. The third-order valence-corrected chi connectivity index (χ3v) is 11.3. The van der Waals surface area contributed by atoms with Crippen LogP contribution in [0.15, 0.2) is 151 Å². The van der Waals surface area contributed by atoms with Gasteiger partial charge in [0.1, 0.15) is 0 Å². The van der Waals surface area contributed by atoms with E-state index in [2.05, 4.69) is 188 Å². The Balaban J connectivity index is 1.10. The highest BCUT2D eigenvalue weighted by atomic mass is 15.0. The third kappa shape index (κ3) is 6.69. The number of pyridine rings is 2. The highest BCUT2D eigenvalue weighted by Crippen LogP contribution is 2.53. The van der Waals surface area contributed by atoms with Gasteiger partial charge < -0.3 is 21.3 Å². The van der Waals surface area contributed by atoms with Gasteiger partial charge in [-0.1, -0.05) is 86.6 Å². The molecule has 9 rings (SSSR count). The van der Waals surface area contributed by atoms with Crippen molar-refractivity contribution in [3.8, 4) is 0 Å². The maximum atomic E-state index is 5.04. The number of hydrogen-bond acceptors (Lipinski definition) is 6. The number of rotatable bonds is 10. The summed E-state index contributed by atoms with van der Waals surface area (Å²) in [6.45, 7) is 10.3. The maximum absolute atomic E-state index is 5.04. The zero-order valence-corrected chi connectivity index (χ0v) is 31.9. The fourth-order valence-electron chi connectivity index (χ4n) is 8.46. The van der Waals surface area contributed by atoms with E-state index in [9.17, 15) is 0 Å². The Hall–Kier alpha value is -6.40. The number of hydrogen-bond donors (Lipinski definition) is 4. The SMILES string of the molecule is Cc1cc(CNC2=CC3=C(CC2Nc2ccccc2)C(C)(C)c2cc(Nc4ccccc4)c(NCc4cc(C)c5ccccc5n4)cc23)nc2ccccc12. The van der Waals surface area contributed by atoms with E-state index in [0.717, 1.165) is 57.3 Å². The van der Waals surface area contributed by atoms with Crippen molar-refractivity contribution in [2.45, 2.75) is 58.7 Å². The second-order valence-corrected chi connectivity index (χ2v) is 15.4. The fourth-order valence-corrected chi connectivity index (χ4v) is 8.46. The summed E-state index contributed by atoms with van der Waals surface area (Å²) in [5.74, 6) is 0. The summed E-state index contributed by atoms with van der Waals surface area (Å²) in [5, 5.41) is 17.7. The van der Waals surface area contributed by atoms with Crippen LogP contribution in [-0.4, -0.2) is 16.0 Å². The van der Waals surface area contributed by atoms with Gasteiger partial charge in [-0.15, -0.1) is 0 Å². The number of nitrogens with zero attached hydrogens (tertiary/aromatic N) is 2. The predicted octanol–water partition coefficient (Wildman–Crippen LogP) is 11.4. The van der Waals surface area contributed by atoms with Gasteiger partial charge in [-0.2, -0.15) is 0 Å². The van der Waals surface area contributed by atoms with Crippen molar-refractivity contribution in [2.24, 2.45) is 0 Å². The molecular weight excluding hydrogens is 673 g/mol. The zero-order chi connectivity index (χ0) is 37.5. The Morgan fingerprint density at radius 3 is 1.82 bits per heavy atom. The minimum absolute atomic E-state index is 0.0676. The highest BCUT2D eigenvalue weighted by molar-refractivity contribution is 5.92. The van der Waals surface area contributed by atoms with Gasteiger partial charge in [0.25, 0.3) is 0 Å².